The van der Waals surface area contributed by atoms with Gasteiger partial charge in [0.25, 0.3) is 0 Å². The molecule has 1 aliphatic carbocycles. The van der Waals surface area contributed by atoms with Crippen LogP contribution in [0.25, 0.3) is 0 Å². The molecular formula is C19H36O5. The molecule has 5 unspecified atom stereocenters. The Labute approximate surface area is 146 Å². The van der Waals surface area contributed by atoms with Crippen LogP contribution in [0.4, 0.5) is 0 Å². The van der Waals surface area contributed by atoms with Gasteiger partial charge in [0.1, 0.15) is 0 Å². The third kappa shape index (κ3) is 7.49. The lowest BCUT2D eigenvalue weighted by atomic mass is 9.83. The molecule has 142 valence electrons. The van der Waals surface area contributed by atoms with Crippen molar-refractivity contribution in [2.24, 2.45) is 11.8 Å². The molecule has 0 spiro atoms. The van der Waals surface area contributed by atoms with Gasteiger partial charge in [-0.2, -0.15) is 0 Å². The second kappa shape index (κ2) is 11.8. The summed E-state index contributed by atoms with van der Waals surface area (Å²) in [5.74, 6) is -1.09. The summed E-state index contributed by atoms with van der Waals surface area (Å²) in [7, 11) is 0. The number of aliphatic hydroxyl groups excluding tert-OH is 3. The van der Waals surface area contributed by atoms with E-state index in [1.165, 1.54) is 19.3 Å². The first-order valence-corrected chi connectivity index (χ1v) is 9.73. The smallest absolute Gasteiger partial charge is 0.303 e. The minimum absolute atomic E-state index is 0.0736. The lowest BCUT2D eigenvalue weighted by molar-refractivity contribution is -0.137. The lowest BCUT2D eigenvalue weighted by Crippen LogP contribution is -2.33. The third-order valence-corrected chi connectivity index (χ3v) is 5.39. The molecule has 0 aromatic rings. The van der Waals surface area contributed by atoms with Gasteiger partial charge in [0.2, 0.25) is 0 Å². The minimum Gasteiger partial charge on any atom is -0.481 e. The van der Waals surface area contributed by atoms with Crippen LogP contribution in [0.15, 0.2) is 0 Å². The molecule has 1 saturated carbocycles. The largest absolute Gasteiger partial charge is 0.481 e. The fourth-order valence-corrected chi connectivity index (χ4v) is 4.03. The van der Waals surface area contributed by atoms with Crippen LogP contribution in [0, 0.1) is 11.8 Å². The van der Waals surface area contributed by atoms with Crippen LogP contribution < -0.4 is 0 Å². The van der Waals surface area contributed by atoms with Gasteiger partial charge in [-0.1, -0.05) is 51.9 Å². The summed E-state index contributed by atoms with van der Waals surface area (Å²) in [5, 5.41) is 39.6. The highest BCUT2D eigenvalue weighted by Crippen LogP contribution is 2.39. The van der Waals surface area contributed by atoms with E-state index in [1.807, 2.05) is 0 Å². The Morgan fingerprint density at radius 2 is 1.67 bits per heavy atom. The average Bonchev–Trinajstić information content (AvgIpc) is 2.80. The highest BCUT2D eigenvalue weighted by Gasteiger charge is 2.44. The van der Waals surface area contributed by atoms with E-state index in [0.717, 1.165) is 32.1 Å². The Morgan fingerprint density at radius 3 is 2.33 bits per heavy atom. The van der Waals surface area contributed by atoms with Crippen molar-refractivity contribution in [2.45, 2.75) is 102 Å². The van der Waals surface area contributed by atoms with E-state index in [-0.39, 0.29) is 18.3 Å². The first-order valence-electron chi connectivity index (χ1n) is 9.73. The molecule has 0 aromatic carbocycles. The number of carboxylic acids is 1. The molecule has 1 fully saturated rings. The third-order valence-electron chi connectivity index (χ3n) is 5.39. The Morgan fingerprint density at radius 1 is 1.00 bits per heavy atom. The van der Waals surface area contributed by atoms with Crippen molar-refractivity contribution in [1.29, 1.82) is 0 Å². The highest BCUT2D eigenvalue weighted by molar-refractivity contribution is 5.66. The Hall–Kier alpha value is -0.650. The van der Waals surface area contributed by atoms with Crippen LogP contribution in [-0.4, -0.2) is 44.7 Å². The zero-order chi connectivity index (χ0) is 17.9. The molecule has 1 aliphatic rings. The quantitative estimate of drug-likeness (QED) is 0.385. The summed E-state index contributed by atoms with van der Waals surface area (Å²) in [4.78, 5) is 10.5. The van der Waals surface area contributed by atoms with Gasteiger partial charge < -0.3 is 20.4 Å². The molecule has 0 bridgehead atoms. The number of aliphatic hydroxyl groups is 3. The van der Waals surface area contributed by atoms with Crippen molar-refractivity contribution in [2.75, 3.05) is 0 Å². The van der Waals surface area contributed by atoms with Gasteiger partial charge >= 0.3 is 5.97 Å². The average molecular weight is 344 g/mol. The van der Waals surface area contributed by atoms with Crippen LogP contribution in [0.1, 0.15) is 84.0 Å². The van der Waals surface area contributed by atoms with Gasteiger partial charge in [0.15, 0.2) is 0 Å². The second-order valence-electron chi connectivity index (χ2n) is 7.37. The molecule has 5 nitrogen and oxygen atoms in total. The van der Waals surface area contributed by atoms with Crippen molar-refractivity contribution in [3.8, 4) is 0 Å². The molecule has 1 rings (SSSR count). The fraction of sp³-hybridized carbons (Fsp3) is 0.947. The number of aliphatic carboxylic acids is 1. The van der Waals surface area contributed by atoms with E-state index in [4.69, 9.17) is 5.11 Å². The van der Waals surface area contributed by atoms with Crippen LogP contribution >= 0.6 is 0 Å². The molecular weight excluding hydrogens is 308 g/mol. The molecule has 0 aliphatic heterocycles. The van der Waals surface area contributed by atoms with Gasteiger partial charge in [-0.15, -0.1) is 0 Å². The molecule has 24 heavy (non-hydrogen) atoms. The molecule has 4 N–H and O–H groups in total. The number of carboxylic acid groups (broad SMARTS) is 1. The Balaban J connectivity index is 2.36. The highest BCUT2D eigenvalue weighted by atomic mass is 16.4. The fourth-order valence-electron chi connectivity index (χ4n) is 4.03. The van der Waals surface area contributed by atoms with E-state index in [2.05, 4.69) is 6.92 Å². The number of carbonyl (C=O) groups is 1. The number of rotatable bonds is 13. The van der Waals surface area contributed by atoms with E-state index < -0.39 is 24.3 Å². The predicted molar refractivity (Wildman–Crippen MR) is 93.7 cm³/mol. The van der Waals surface area contributed by atoms with Crippen molar-refractivity contribution in [3.63, 3.8) is 0 Å². The monoisotopic (exact) mass is 344 g/mol. The van der Waals surface area contributed by atoms with Crippen molar-refractivity contribution in [3.05, 3.63) is 0 Å². The van der Waals surface area contributed by atoms with Gasteiger partial charge in [-0.3, -0.25) is 4.79 Å². The molecule has 5 heteroatoms. The van der Waals surface area contributed by atoms with Crippen LogP contribution in [0.5, 0.6) is 0 Å². The van der Waals surface area contributed by atoms with Crippen LogP contribution in [0.2, 0.25) is 0 Å². The normalized spacial score (nSPS) is 28.2. The predicted octanol–water partition coefficient (Wildman–Crippen LogP) is 3.10. The second-order valence-corrected chi connectivity index (χ2v) is 7.37. The molecule has 0 radical (unpaired) electrons. The number of hydrogen-bond acceptors (Lipinski definition) is 4. The Bertz CT molecular complexity index is 347. The molecule has 0 aromatic heterocycles. The maximum atomic E-state index is 10.5. The molecule has 0 saturated heterocycles. The standard InChI is InChI=1S/C19H36O5/c1-2-3-4-5-8-11-15(20)19-14(16(21)13-17(19)22)10-7-6-9-12-18(23)24/h14-17,19-22H,2-13H2,1H3,(H,23,24). The van der Waals surface area contributed by atoms with E-state index >= 15 is 0 Å². The van der Waals surface area contributed by atoms with Gasteiger partial charge in [0.05, 0.1) is 18.3 Å². The van der Waals surface area contributed by atoms with Gasteiger partial charge in [0, 0.05) is 12.3 Å². The van der Waals surface area contributed by atoms with Gasteiger partial charge in [-0.25, -0.2) is 0 Å². The Kier molecular flexibility index (Phi) is 10.5. The van der Waals surface area contributed by atoms with E-state index in [1.54, 1.807) is 0 Å². The minimum atomic E-state index is -0.775. The van der Waals surface area contributed by atoms with Crippen molar-refractivity contribution < 1.29 is 25.2 Å². The summed E-state index contributed by atoms with van der Waals surface area (Å²) in [6.45, 7) is 2.17. The number of hydrogen-bond donors (Lipinski definition) is 4. The van der Waals surface area contributed by atoms with Crippen molar-refractivity contribution >= 4 is 5.97 Å². The first-order chi connectivity index (χ1) is 11.5. The molecule has 0 heterocycles. The lowest BCUT2D eigenvalue weighted by Gasteiger charge is -2.28. The maximum absolute atomic E-state index is 10.5. The van der Waals surface area contributed by atoms with Crippen LogP contribution in [0.3, 0.4) is 0 Å². The summed E-state index contributed by atoms with van der Waals surface area (Å²) in [5.41, 5.74) is 0. The maximum Gasteiger partial charge on any atom is 0.303 e. The molecule has 5 atom stereocenters. The summed E-state index contributed by atoms with van der Waals surface area (Å²) in [6.07, 6.45) is 8.18. The topological polar surface area (TPSA) is 98.0 Å². The summed E-state index contributed by atoms with van der Waals surface area (Å²) < 4.78 is 0. The number of unbranched alkanes of at least 4 members (excludes halogenated alkanes) is 6. The van der Waals surface area contributed by atoms with Crippen molar-refractivity contribution in [1.82, 2.24) is 0 Å². The first kappa shape index (κ1) is 21.4. The van der Waals surface area contributed by atoms with Crippen LogP contribution in [-0.2, 0) is 4.79 Å². The van der Waals surface area contributed by atoms with E-state index in [9.17, 15) is 20.1 Å². The summed E-state index contributed by atoms with van der Waals surface area (Å²) in [6, 6.07) is 0. The van der Waals surface area contributed by atoms with Gasteiger partial charge in [-0.05, 0) is 31.6 Å². The molecule has 0 amide bonds. The summed E-state index contributed by atoms with van der Waals surface area (Å²) >= 11 is 0. The SMILES string of the molecule is CCCCCCCC(O)C1C(O)CC(O)C1CCCCCC(=O)O. The van der Waals surface area contributed by atoms with E-state index in [0.29, 0.717) is 19.3 Å². The zero-order valence-electron chi connectivity index (χ0n) is 15.1. The zero-order valence-corrected chi connectivity index (χ0v) is 15.1.